The van der Waals surface area contributed by atoms with E-state index in [9.17, 15) is 9.18 Å². The summed E-state index contributed by atoms with van der Waals surface area (Å²) in [5.41, 5.74) is -0.239. The largest absolute Gasteiger partial charge is 0.569 e. The second-order valence-corrected chi connectivity index (χ2v) is 2.20. The molecular weight excluding hydrogens is 178 g/mol. The van der Waals surface area contributed by atoms with Crippen LogP contribution >= 0.6 is 0 Å². The van der Waals surface area contributed by atoms with Gasteiger partial charge in [-0.3, -0.25) is 0 Å². The third-order valence-corrected chi connectivity index (χ3v) is 1.31. The van der Waals surface area contributed by atoms with Crippen LogP contribution in [0.3, 0.4) is 0 Å². The summed E-state index contributed by atoms with van der Waals surface area (Å²) in [6, 6.07) is 2.91. The minimum Gasteiger partial charge on any atom is -0.537 e. The van der Waals surface area contributed by atoms with Gasteiger partial charge in [0, 0.05) is 6.07 Å². The van der Waals surface area contributed by atoms with Crippen molar-refractivity contribution in [1.82, 2.24) is 0 Å². The quantitative estimate of drug-likeness (QED) is 0.666. The molecule has 1 aromatic carbocycles. The molecule has 0 aromatic heterocycles. The Morgan fingerprint density at radius 1 is 1.46 bits per heavy atom. The number of rotatable bonds is 3. The van der Waals surface area contributed by atoms with Gasteiger partial charge in [-0.2, -0.15) is 0 Å². The zero-order valence-corrected chi connectivity index (χ0v) is 6.40. The maximum absolute atomic E-state index is 12.7. The average Bonchev–Trinajstić information content (AvgIpc) is 2.03. The Morgan fingerprint density at radius 2 is 2.15 bits per heavy atom. The van der Waals surface area contributed by atoms with Crippen LogP contribution in [0.1, 0.15) is 10.4 Å². The predicted octanol–water partition coefficient (Wildman–Crippen LogP) is 0.429. The third kappa shape index (κ3) is 2.45. The Morgan fingerprint density at radius 3 is 2.69 bits per heavy atom. The van der Waals surface area contributed by atoms with E-state index in [2.05, 4.69) is 4.65 Å². The summed E-state index contributed by atoms with van der Waals surface area (Å²) in [5.74, 6) is -2.07. The first-order valence-electron chi connectivity index (χ1n) is 3.30. The molecule has 67 valence electrons. The van der Waals surface area contributed by atoms with Crippen LogP contribution < -0.4 is 4.65 Å². The molecule has 0 atom stereocenters. The van der Waals surface area contributed by atoms with Crippen molar-refractivity contribution in [3.63, 3.8) is 0 Å². The maximum atomic E-state index is 12.7. The van der Waals surface area contributed by atoms with Crippen LogP contribution in [0.4, 0.5) is 4.39 Å². The highest BCUT2D eigenvalue weighted by Gasteiger charge is 2.07. The lowest BCUT2D eigenvalue weighted by atomic mass is 10.2. The van der Waals surface area contributed by atoms with Gasteiger partial charge in [-0.15, -0.1) is 0 Å². The molecule has 0 saturated heterocycles. The molecule has 1 radical (unpaired) electrons. The van der Waals surface area contributed by atoms with Gasteiger partial charge in [-0.25, -0.2) is 9.18 Å². The molecule has 0 saturated carbocycles. The molecule has 1 aromatic rings. The van der Waals surface area contributed by atoms with E-state index in [0.29, 0.717) is 7.69 Å². The van der Waals surface area contributed by atoms with E-state index in [1.807, 2.05) is 0 Å². The summed E-state index contributed by atoms with van der Waals surface area (Å²) in [4.78, 5) is 10.4. The predicted molar refractivity (Wildman–Crippen MR) is 42.0 cm³/mol. The summed E-state index contributed by atoms with van der Waals surface area (Å²) in [5, 5.41) is 16.7. The van der Waals surface area contributed by atoms with E-state index in [1.54, 1.807) is 0 Å². The fourth-order valence-electron chi connectivity index (χ4n) is 0.815. The third-order valence-electron chi connectivity index (χ3n) is 1.31. The van der Waals surface area contributed by atoms with Gasteiger partial charge in [0.1, 0.15) is 11.6 Å². The lowest BCUT2D eigenvalue weighted by molar-refractivity contribution is 0.0696. The van der Waals surface area contributed by atoms with Crippen LogP contribution in [0.2, 0.25) is 0 Å². The van der Waals surface area contributed by atoms with Crippen molar-refractivity contribution in [3.8, 4) is 5.75 Å². The molecule has 0 spiro atoms. The van der Waals surface area contributed by atoms with Crippen LogP contribution in [-0.2, 0) is 0 Å². The number of hydrogen-bond donors (Lipinski definition) is 2. The molecule has 0 fully saturated rings. The van der Waals surface area contributed by atoms with E-state index in [4.69, 9.17) is 10.1 Å². The van der Waals surface area contributed by atoms with Crippen LogP contribution in [0.25, 0.3) is 0 Å². The van der Waals surface area contributed by atoms with E-state index < -0.39 is 11.8 Å². The van der Waals surface area contributed by atoms with Gasteiger partial charge in [-0.1, -0.05) is 0 Å². The van der Waals surface area contributed by atoms with Gasteiger partial charge in [0.2, 0.25) is 0 Å². The lowest BCUT2D eigenvalue weighted by Gasteiger charge is -2.02. The Hall–Kier alpha value is -1.56. The minimum atomic E-state index is -1.26. The Balaban J connectivity index is 3.03. The van der Waals surface area contributed by atoms with Crippen molar-refractivity contribution >= 4 is 13.7 Å². The Bertz CT molecular complexity index is 328. The van der Waals surface area contributed by atoms with Crippen molar-refractivity contribution in [2.24, 2.45) is 0 Å². The number of carbonyl (C=O) groups is 1. The molecule has 0 heterocycles. The molecule has 1 rings (SSSR count). The van der Waals surface area contributed by atoms with Gasteiger partial charge in [0.15, 0.2) is 0 Å². The molecule has 0 amide bonds. The van der Waals surface area contributed by atoms with Crippen molar-refractivity contribution in [2.45, 2.75) is 0 Å². The molecule has 13 heavy (non-hydrogen) atoms. The Labute approximate surface area is 73.9 Å². The van der Waals surface area contributed by atoms with Gasteiger partial charge < -0.3 is 14.8 Å². The Kier molecular flexibility index (Phi) is 2.86. The highest BCUT2D eigenvalue weighted by molar-refractivity contribution is 6.17. The SMILES string of the molecule is O=C(O)c1cc(F)cc(O[B]O)c1. The molecule has 0 aliphatic carbocycles. The first kappa shape index (κ1) is 9.53. The number of carboxylic acid groups (broad SMARTS) is 1. The van der Waals surface area contributed by atoms with Gasteiger partial charge in [0.25, 0.3) is 0 Å². The fraction of sp³-hybridized carbons (Fsp3) is 0. The van der Waals surface area contributed by atoms with Gasteiger partial charge >= 0.3 is 13.7 Å². The number of hydrogen-bond acceptors (Lipinski definition) is 3. The highest BCUT2D eigenvalue weighted by Crippen LogP contribution is 2.15. The smallest absolute Gasteiger partial charge is 0.537 e. The second kappa shape index (κ2) is 3.91. The fourth-order valence-corrected chi connectivity index (χ4v) is 0.815. The molecule has 0 bridgehead atoms. The van der Waals surface area contributed by atoms with Crippen molar-refractivity contribution < 1.29 is 24.0 Å². The van der Waals surface area contributed by atoms with E-state index in [-0.39, 0.29) is 11.3 Å². The highest BCUT2D eigenvalue weighted by atomic mass is 19.1. The summed E-state index contributed by atoms with van der Waals surface area (Å²) in [6.45, 7) is 0. The number of carboxylic acids is 1. The maximum Gasteiger partial charge on any atom is 0.569 e. The minimum absolute atomic E-state index is 0.0695. The van der Waals surface area contributed by atoms with Gasteiger partial charge in [0.05, 0.1) is 5.56 Å². The molecule has 4 nitrogen and oxygen atoms in total. The van der Waals surface area contributed by atoms with Crippen LogP contribution in [0.15, 0.2) is 18.2 Å². The van der Waals surface area contributed by atoms with Crippen molar-refractivity contribution in [1.29, 1.82) is 0 Å². The van der Waals surface area contributed by atoms with Crippen LogP contribution in [0.5, 0.6) is 5.75 Å². The van der Waals surface area contributed by atoms with Gasteiger partial charge in [-0.05, 0) is 12.1 Å². The second-order valence-electron chi connectivity index (χ2n) is 2.20. The first-order valence-corrected chi connectivity index (χ1v) is 3.30. The number of aromatic carboxylic acids is 1. The molecule has 6 heteroatoms. The topological polar surface area (TPSA) is 66.8 Å². The van der Waals surface area contributed by atoms with Crippen LogP contribution in [-0.4, -0.2) is 23.8 Å². The number of halogens is 1. The van der Waals surface area contributed by atoms with E-state index in [1.165, 1.54) is 0 Å². The van der Waals surface area contributed by atoms with E-state index in [0.717, 1.165) is 18.2 Å². The molecular formula is C7H5BFO4. The standard InChI is InChI=1S/C7H5BFO4/c9-5-1-4(7(10)11)2-6(3-5)13-8-12/h1-3,12H,(H,10,11). The zero-order valence-electron chi connectivity index (χ0n) is 6.40. The monoisotopic (exact) mass is 183 g/mol. The van der Waals surface area contributed by atoms with Crippen LogP contribution in [0, 0.1) is 5.82 Å². The first-order chi connectivity index (χ1) is 6.13. The zero-order chi connectivity index (χ0) is 9.84. The molecule has 0 aliphatic rings. The van der Waals surface area contributed by atoms with Crippen molar-refractivity contribution in [2.75, 3.05) is 0 Å². The summed E-state index contributed by atoms with van der Waals surface area (Å²) in [6.07, 6.45) is 0. The molecule has 2 N–H and O–H groups in total. The molecule has 0 unspecified atom stereocenters. The normalized spacial score (nSPS) is 9.38. The lowest BCUT2D eigenvalue weighted by Crippen LogP contribution is -2.03. The summed E-state index contributed by atoms with van der Waals surface area (Å²) >= 11 is 0. The summed E-state index contributed by atoms with van der Waals surface area (Å²) in [7, 11) is 0.348. The average molecular weight is 183 g/mol. The van der Waals surface area contributed by atoms with Crippen molar-refractivity contribution in [3.05, 3.63) is 29.6 Å². The number of benzene rings is 1. The molecule has 0 aliphatic heterocycles. The summed E-state index contributed by atoms with van der Waals surface area (Å²) < 4.78 is 17.1. The van der Waals surface area contributed by atoms with E-state index >= 15 is 0 Å².